The van der Waals surface area contributed by atoms with Crippen molar-refractivity contribution < 1.29 is 22.8 Å². The van der Waals surface area contributed by atoms with E-state index in [9.17, 15) is 22.8 Å². The Balaban J connectivity index is 1.78. The third-order valence-electron chi connectivity index (χ3n) is 4.03. The average Bonchev–Trinajstić information content (AvgIpc) is 2.71. The first-order valence-corrected chi connectivity index (χ1v) is 10.3. The second kappa shape index (κ2) is 9.34. The summed E-state index contributed by atoms with van der Waals surface area (Å²) in [4.78, 5) is 32.0. The number of rotatable bonds is 6. The third kappa shape index (κ3) is 5.72. The van der Waals surface area contributed by atoms with Gasteiger partial charge in [0.2, 0.25) is 11.7 Å². The summed E-state index contributed by atoms with van der Waals surface area (Å²) in [6.07, 6.45) is -4.70. The Hall–Kier alpha value is -3.14. The zero-order chi connectivity index (χ0) is 22.6. The molecule has 0 saturated heterocycles. The maximum Gasteiger partial charge on any atom is 0.451 e. The van der Waals surface area contributed by atoms with Crippen LogP contribution >= 0.6 is 11.8 Å². The van der Waals surface area contributed by atoms with Crippen molar-refractivity contribution in [3.8, 4) is 0 Å². The van der Waals surface area contributed by atoms with Crippen LogP contribution in [0.4, 0.5) is 18.9 Å². The fraction of sp³-hybridized carbons (Fsp3) is 0.238. The predicted molar refractivity (Wildman–Crippen MR) is 113 cm³/mol. The van der Waals surface area contributed by atoms with Gasteiger partial charge in [-0.15, -0.1) is 0 Å². The number of nitrogens with zero attached hydrogens (tertiary/aromatic N) is 2. The number of anilines is 1. The first kappa shape index (κ1) is 22.5. The lowest BCUT2D eigenvalue weighted by molar-refractivity contribution is -0.145. The van der Waals surface area contributed by atoms with E-state index in [0.717, 1.165) is 11.8 Å². The molecule has 0 spiro atoms. The number of nitrogens with one attached hydrogen (secondary N) is 2. The van der Waals surface area contributed by atoms with E-state index in [4.69, 9.17) is 0 Å². The van der Waals surface area contributed by atoms with Crippen molar-refractivity contribution in [1.29, 1.82) is 0 Å². The largest absolute Gasteiger partial charge is 0.451 e. The van der Waals surface area contributed by atoms with Gasteiger partial charge in [-0.3, -0.25) is 9.59 Å². The Morgan fingerprint density at radius 1 is 1.03 bits per heavy atom. The number of benzene rings is 2. The van der Waals surface area contributed by atoms with Crippen LogP contribution in [0.2, 0.25) is 0 Å². The van der Waals surface area contributed by atoms with E-state index in [-0.39, 0.29) is 28.2 Å². The fourth-order valence-corrected chi connectivity index (χ4v) is 3.55. The number of thioether (sulfide) groups is 1. The molecular formula is C21H19F3N4O2S. The standard InChI is InChI=1S/C21H19F3N4O2S/c1-12(2)25-18(30)13-7-3-5-9-15(13)26-17(29)11-31-19-14-8-4-6-10-16(14)27-20(28-19)21(22,23)24/h3-10,12H,11H2,1-2H3,(H,25,30)(H,26,29). The van der Waals surface area contributed by atoms with E-state index in [2.05, 4.69) is 20.6 Å². The molecule has 0 saturated carbocycles. The fourth-order valence-electron chi connectivity index (χ4n) is 2.73. The van der Waals surface area contributed by atoms with Crippen LogP contribution in [-0.2, 0) is 11.0 Å². The quantitative estimate of drug-likeness (QED) is 0.428. The van der Waals surface area contributed by atoms with Crippen molar-refractivity contribution in [3.63, 3.8) is 0 Å². The average molecular weight is 448 g/mol. The maximum absolute atomic E-state index is 13.1. The molecule has 2 amide bonds. The third-order valence-corrected chi connectivity index (χ3v) is 5.02. The zero-order valence-corrected chi connectivity index (χ0v) is 17.5. The van der Waals surface area contributed by atoms with Gasteiger partial charge in [-0.25, -0.2) is 9.97 Å². The molecule has 0 atom stereocenters. The minimum atomic E-state index is -4.70. The van der Waals surface area contributed by atoms with Crippen LogP contribution in [0, 0.1) is 0 Å². The molecule has 0 fully saturated rings. The molecule has 3 rings (SSSR count). The Morgan fingerprint density at radius 2 is 1.71 bits per heavy atom. The predicted octanol–water partition coefficient (Wildman–Crippen LogP) is 4.52. The molecule has 3 aromatic rings. The minimum Gasteiger partial charge on any atom is -0.350 e. The monoisotopic (exact) mass is 448 g/mol. The Morgan fingerprint density at radius 3 is 2.42 bits per heavy atom. The number of fused-ring (bicyclic) bond motifs is 1. The van der Waals surface area contributed by atoms with Gasteiger partial charge in [-0.05, 0) is 32.0 Å². The van der Waals surface area contributed by atoms with Gasteiger partial charge < -0.3 is 10.6 Å². The second-order valence-corrected chi connectivity index (χ2v) is 7.84. The van der Waals surface area contributed by atoms with Crippen molar-refractivity contribution in [2.45, 2.75) is 31.1 Å². The molecule has 0 radical (unpaired) electrons. The molecule has 0 unspecified atom stereocenters. The number of hydrogen-bond donors (Lipinski definition) is 2. The maximum atomic E-state index is 13.1. The van der Waals surface area contributed by atoms with Gasteiger partial charge in [0.15, 0.2) is 0 Å². The topological polar surface area (TPSA) is 84.0 Å². The highest BCUT2D eigenvalue weighted by atomic mass is 32.2. The number of carbonyl (C=O) groups excluding carboxylic acids is 2. The van der Waals surface area contributed by atoms with Gasteiger partial charge in [-0.2, -0.15) is 13.2 Å². The number of alkyl halides is 3. The molecule has 0 bridgehead atoms. The van der Waals surface area contributed by atoms with Gasteiger partial charge >= 0.3 is 6.18 Å². The van der Waals surface area contributed by atoms with Gasteiger partial charge in [0, 0.05) is 11.4 Å². The molecule has 1 heterocycles. The number of carbonyl (C=O) groups is 2. The summed E-state index contributed by atoms with van der Waals surface area (Å²) in [7, 11) is 0. The second-order valence-electron chi connectivity index (χ2n) is 6.88. The lowest BCUT2D eigenvalue weighted by atomic mass is 10.1. The highest BCUT2D eigenvalue weighted by Crippen LogP contribution is 2.32. The summed E-state index contributed by atoms with van der Waals surface area (Å²) in [5.41, 5.74) is 0.750. The van der Waals surface area contributed by atoms with E-state index < -0.39 is 17.9 Å². The first-order chi connectivity index (χ1) is 14.6. The first-order valence-electron chi connectivity index (χ1n) is 9.31. The number of hydrogen-bond acceptors (Lipinski definition) is 5. The summed E-state index contributed by atoms with van der Waals surface area (Å²) in [5, 5.41) is 5.87. The summed E-state index contributed by atoms with van der Waals surface area (Å²) >= 11 is 0.869. The molecular weight excluding hydrogens is 429 g/mol. The van der Waals surface area contributed by atoms with Crippen LogP contribution in [0.3, 0.4) is 0 Å². The Labute approximate surface area is 180 Å². The molecule has 1 aromatic heterocycles. The molecule has 0 aliphatic carbocycles. The van der Waals surface area contributed by atoms with Crippen molar-refractivity contribution in [1.82, 2.24) is 15.3 Å². The number of aromatic nitrogens is 2. The normalized spacial score (nSPS) is 11.5. The summed E-state index contributed by atoms with van der Waals surface area (Å²) in [5.74, 6) is -2.27. The van der Waals surface area contributed by atoms with Crippen LogP contribution in [0.25, 0.3) is 10.9 Å². The van der Waals surface area contributed by atoms with E-state index >= 15 is 0 Å². The van der Waals surface area contributed by atoms with Gasteiger partial charge in [0.05, 0.1) is 22.5 Å². The Bertz CT molecular complexity index is 1120. The van der Waals surface area contributed by atoms with Crippen LogP contribution in [0.15, 0.2) is 53.6 Å². The van der Waals surface area contributed by atoms with Crippen LogP contribution in [0.1, 0.15) is 30.0 Å². The number of halogens is 3. The van der Waals surface area contributed by atoms with Crippen molar-refractivity contribution in [2.75, 3.05) is 11.1 Å². The van der Waals surface area contributed by atoms with Crippen molar-refractivity contribution >= 4 is 40.2 Å². The van der Waals surface area contributed by atoms with Crippen molar-refractivity contribution in [2.24, 2.45) is 0 Å². The molecule has 31 heavy (non-hydrogen) atoms. The zero-order valence-electron chi connectivity index (χ0n) is 16.7. The summed E-state index contributed by atoms with van der Waals surface area (Å²) < 4.78 is 39.4. The van der Waals surface area contributed by atoms with E-state index in [1.54, 1.807) is 42.5 Å². The molecule has 6 nitrogen and oxygen atoms in total. The van der Waals surface area contributed by atoms with Gasteiger partial charge in [0.1, 0.15) is 5.03 Å². The Kier molecular flexibility index (Phi) is 6.79. The van der Waals surface area contributed by atoms with Crippen LogP contribution < -0.4 is 10.6 Å². The number of para-hydroxylation sites is 2. The lowest BCUT2D eigenvalue weighted by Gasteiger charge is -2.13. The molecule has 162 valence electrons. The lowest BCUT2D eigenvalue weighted by Crippen LogP contribution is -2.31. The molecule has 0 aliphatic rings. The van der Waals surface area contributed by atoms with E-state index in [1.165, 1.54) is 6.07 Å². The summed E-state index contributed by atoms with van der Waals surface area (Å²) in [6, 6.07) is 12.7. The molecule has 10 heteroatoms. The number of amides is 2. The minimum absolute atomic E-state index is 0.0545. The van der Waals surface area contributed by atoms with Gasteiger partial charge in [-0.1, -0.05) is 42.1 Å². The van der Waals surface area contributed by atoms with Crippen LogP contribution in [-0.4, -0.2) is 33.6 Å². The highest BCUT2D eigenvalue weighted by Gasteiger charge is 2.35. The SMILES string of the molecule is CC(C)NC(=O)c1ccccc1NC(=O)CSc1nc(C(F)(F)F)nc2ccccc12. The van der Waals surface area contributed by atoms with Gasteiger partial charge in [0.25, 0.3) is 5.91 Å². The van der Waals surface area contributed by atoms with E-state index in [1.807, 2.05) is 13.8 Å². The molecule has 2 aromatic carbocycles. The summed E-state index contributed by atoms with van der Waals surface area (Å²) in [6.45, 7) is 3.63. The highest BCUT2D eigenvalue weighted by molar-refractivity contribution is 8.00. The van der Waals surface area contributed by atoms with Crippen LogP contribution in [0.5, 0.6) is 0 Å². The van der Waals surface area contributed by atoms with E-state index in [0.29, 0.717) is 16.6 Å². The molecule has 2 N–H and O–H groups in total. The smallest absolute Gasteiger partial charge is 0.350 e. The molecule has 0 aliphatic heterocycles. The van der Waals surface area contributed by atoms with Crippen molar-refractivity contribution in [3.05, 3.63) is 59.9 Å².